The second kappa shape index (κ2) is 5.24. The second-order valence-electron chi connectivity index (χ2n) is 5.73. The Balaban J connectivity index is 2.39. The van der Waals surface area contributed by atoms with Gasteiger partial charge in [-0.2, -0.15) is 0 Å². The summed E-state index contributed by atoms with van der Waals surface area (Å²) in [5.74, 6) is -1.55. The molecule has 0 amide bonds. The lowest BCUT2D eigenvalue weighted by Gasteiger charge is -2.22. The molecule has 0 aromatic heterocycles. The fourth-order valence-electron chi connectivity index (χ4n) is 3.26. The van der Waals surface area contributed by atoms with Gasteiger partial charge in [0.2, 0.25) is 0 Å². The zero-order chi connectivity index (χ0) is 16.9. The van der Waals surface area contributed by atoms with E-state index >= 15 is 0 Å². The number of phenols is 2. The Morgan fingerprint density at radius 3 is 2.61 bits per heavy atom. The third kappa shape index (κ3) is 2.22. The van der Waals surface area contributed by atoms with Gasteiger partial charge in [0, 0.05) is 11.8 Å². The number of aromatic hydroxyl groups is 2. The van der Waals surface area contributed by atoms with Crippen molar-refractivity contribution < 1.29 is 29.6 Å². The van der Waals surface area contributed by atoms with Crippen LogP contribution in [0.15, 0.2) is 12.1 Å². The van der Waals surface area contributed by atoms with Crippen LogP contribution in [0, 0.1) is 6.92 Å². The Kier molecular flexibility index (Phi) is 3.49. The van der Waals surface area contributed by atoms with E-state index in [0.29, 0.717) is 21.9 Å². The molecule has 6 nitrogen and oxygen atoms in total. The minimum Gasteiger partial charge on any atom is -0.507 e. The maximum Gasteiger partial charge on any atom is 0.341 e. The first-order chi connectivity index (χ1) is 10.8. The van der Waals surface area contributed by atoms with Gasteiger partial charge in [-0.3, -0.25) is 4.79 Å². The van der Waals surface area contributed by atoms with Crippen molar-refractivity contribution in [3.05, 3.63) is 34.4 Å². The van der Waals surface area contributed by atoms with Gasteiger partial charge in [0.05, 0.1) is 18.8 Å². The molecule has 1 aliphatic carbocycles. The molecule has 1 aliphatic rings. The average Bonchev–Trinajstić information content (AvgIpc) is 2.45. The van der Waals surface area contributed by atoms with Crippen LogP contribution < -0.4 is 0 Å². The number of methoxy groups -OCH3 is 1. The number of phenolic OH excluding ortho intramolecular Hbond substituents is 2. The molecular formula is C17H16O6. The highest BCUT2D eigenvalue weighted by atomic mass is 16.5. The van der Waals surface area contributed by atoms with E-state index < -0.39 is 12.1 Å². The number of hydrogen-bond donors (Lipinski definition) is 3. The molecule has 0 heterocycles. The van der Waals surface area contributed by atoms with Gasteiger partial charge >= 0.3 is 5.97 Å². The number of rotatable bonds is 1. The normalized spacial score (nSPS) is 17.2. The number of aryl methyl sites for hydroxylation is 1. The van der Waals surface area contributed by atoms with E-state index in [1.807, 2.05) is 0 Å². The van der Waals surface area contributed by atoms with Gasteiger partial charge in [-0.15, -0.1) is 0 Å². The van der Waals surface area contributed by atoms with Crippen LogP contribution in [-0.2, 0) is 11.2 Å². The fourth-order valence-corrected chi connectivity index (χ4v) is 3.26. The quantitative estimate of drug-likeness (QED) is 0.693. The van der Waals surface area contributed by atoms with Gasteiger partial charge in [-0.25, -0.2) is 4.79 Å². The van der Waals surface area contributed by atoms with Gasteiger partial charge in [-0.05, 0) is 42.0 Å². The summed E-state index contributed by atoms with van der Waals surface area (Å²) in [6.45, 7) is 1.57. The minimum atomic E-state index is -0.782. The van der Waals surface area contributed by atoms with Crippen molar-refractivity contribution in [3.63, 3.8) is 0 Å². The molecule has 0 spiro atoms. The standard InChI is InChI=1S/C17H16O6/c1-7-13-9(5-11(19)14(7)17(22)23-2)3-8-4-10(18)6-12(20)15(8)16(13)21/h3,5,10,18-19,21H,4,6H2,1-2H3. The van der Waals surface area contributed by atoms with E-state index in [0.717, 1.165) is 0 Å². The third-order valence-corrected chi connectivity index (χ3v) is 4.26. The monoisotopic (exact) mass is 316 g/mol. The van der Waals surface area contributed by atoms with Crippen LogP contribution in [0.3, 0.4) is 0 Å². The highest BCUT2D eigenvalue weighted by molar-refractivity contribution is 6.10. The molecule has 23 heavy (non-hydrogen) atoms. The maximum atomic E-state index is 12.2. The van der Waals surface area contributed by atoms with Crippen LogP contribution in [0.25, 0.3) is 10.8 Å². The zero-order valence-electron chi connectivity index (χ0n) is 12.7. The number of carbonyl (C=O) groups is 2. The summed E-state index contributed by atoms with van der Waals surface area (Å²) >= 11 is 0. The van der Waals surface area contributed by atoms with Crippen LogP contribution in [0.5, 0.6) is 11.5 Å². The molecule has 0 radical (unpaired) electrons. The lowest BCUT2D eigenvalue weighted by molar-refractivity contribution is 0.0596. The first-order valence-corrected chi connectivity index (χ1v) is 7.15. The molecule has 2 aromatic rings. The number of aliphatic hydroxyl groups excluding tert-OH is 1. The first-order valence-electron chi connectivity index (χ1n) is 7.15. The van der Waals surface area contributed by atoms with E-state index in [4.69, 9.17) is 0 Å². The van der Waals surface area contributed by atoms with Crippen molar-refractivity contribution in [2.75, 3.05) is 7.11 Å². The van der Waals surface area contributed by atoms with E-state index in [2.05, 4.69) is 4.74 Å². The smallest absolute Gasteiger partial charge is 0.341 e. The number of ether oxygens (including phenoxy) is 1. The lowest BCUT2D eigenvalue weighted by atomic mass is 9.84. The molecule has 0 saturated carbocycles. The molecule has 6 heteroatoms. The average molecular weight is 316 g/mol. The van der Waals surface area contributed by atoms with E-state index in [1.165, 1.54) is 13.2 Å². The van der Waals surface area contributed by atoms with Crippen molar-refractivity contribution in [2.24, 2.45) is 0 Å². The van der Waals surface area contributed by atoms with E-state index in [-0.39, 0.29) is 41.3 Å². The van der Waals surface area contributed by atoms with Crippen molar-refractivity contribution in [1.82, 2.24) is 0 Å². The molecule has 3 N–H and O–H groups in total. The molecule has 1 atom stereocenters. The van der Waals surface area contributed by atoms with Crippen molar-refractivity contribution in [1.29, 1.82) is 0 Å². The van der Waals surface area contributed by atoms with Crippen LogP contribution in [-0.4, -0.2) is 40.3 Å². The van der Waals surface area contributed by atoms with Crippen LogP contribution in [0.4, 0.5) is 0 Å². The molecule has 2 aromatic carbocycles. The Morgan fingerprint density at radius 1 is 1.26 bits per heavy atom. The van der Waals surface area contributed by atoms with Crippen molar-refractivity contribution in [2.45, 2.75) is 25.9 Å². The van der Waals surface area contributed by atoms with Gasteiger partial charge in [0.15, 0.2) is 5.78 Å². The summed E-state index contributed by atoms with van der Waals surface area (Å²) in [7, 11) is 1.20. The SMILES string of the molecule is COC(=O)c1c(O)cc2cc3c(c(O)c2c1C)C(=O)CC(O)C3. The molecule has 0 saturated heterocycles. The van der Waals surface area contributed by atoms with Crippen LogP contribution >= 0.6 is 0 Å². The maximum absolute atomic E-state index is 12.2. The molecule has 120 valence electrons. The Labute approximate surface area is 131 Å². The second-order valence-corrected chi connectivity index (χ2v) is 5.73. The topological polar surface area (TPSA) is 104 Å². The molecule has 0 fully saturated rings. The Bertz CT molecular complexity index is 852. The predicted octanol–water partition coefficient (Wildman–Crippen LogP) is 1.84. The van der Waals surface area contributed by atoms with Crippen LogP contribution in [0.1, 0.15) is 38.3 Å². The molecule has 0 aliphatic heterocycles. The molecule has 0 bridgehead atoms. The van der Waals surface area contributed by atoms with Gasteiger partial charge in [-0.1, -0.05) is 0 Å². The summed E-state index contributed by atoms with van der Waals surface area (Å²) in [6, 6.07) is 3.00. The highest BCUT2D eigenvalue weighted by Gasteiger charge is 2.29. The molecule has 3 rings (SSSR count). The van der Waals surface area contributed by atoms with Crippen LogP contribution in [0.2, 0.25) is 0 Å². The number of hydrogen-bond acceptors (Lipinski definition) is 6. The van der Waals surface area contributed by atoms with Gasteiger partial charge in [0.25, 0.3) is 0 Å². The zero-order valence-corrected chi connectivity index (χ0v) is 12.7. The summed E-state index contributed by atoms with van der Waals surface area (Å²) in [6.07, 6.45) is -0.577. The number of aliphatic hydroxyl groups is 1. The largest absolute Gasteiger partial charge is 0.507 e. The minimum absolute atomic E-state index is 0.0430. The summed E-state index contributed by atoms with van der Waals surface area (Å²) < 4.78 is 4.65. The predicted molar refractivity (Wildman–Crippen MR) is 82.0 cm³/mol. The van der Waals surface area contributed by atoms with Gasteiger partial charge < -0.3 is 20.1 Å². The van der Waals surface area contributed by atoms with Crippen molar-refractivity contribution >= 4 is 22.5 Å². The van der Waals surface area contributed by atoms with E-state index in [1.54, 1.807) is 13.0 Å². The number of Topliss-reactive ketones (excluding diaryl/α,β-unsaturated/α-hetero) is 1. The highest BCUT2D eigenvalue weighted by Crippen LogP contribution is 2.41. The molecular weight excluding hydrogens is 300 g/mol. The number of carbonyl (C=O) groups excluding carboxylic acids is 2. The lowest BCUT2D eigenvalue weighted by Crippen LogP contribution is -2.24. The van der Waals surface area contributed by atoms with Crippen molar-refractivity contribution in [3.8, 4) is 11.5 Å². The summed E-state index contributed by atoms with van der Waals surface area (Å²) in [5, 5.41) is 31.2. The number of esters is 1. The van der Waals surface area contributed by atoms with Gasteiger partial charge in [0.1, 0.15) is 17.1 Å². The third-order valence-electron chi connectivity index (χ3n) is 4.26. The number of benzene rings is 2. The Hall–Kier alpha value is -2.60. The number of fused-ring (bicyclic) bond motifs is 2. The summed E-state index contributed by atoms with van der Waals surface area (Å²) in [5.41, 5.74) is 1.00. The van der Waals surface area contributed by atoms with E-state index in [9.17, 15) is 24.9 Å². The summed E-state index contributed by atoms with van der Waals surface area (Å²) in [4.78, 5) is 24.0. The fraction of sp³-hybridized carbons (Fsp3) is 0.294. The molecule has 1 unspecified atom stereocenters. The Morgan fingerprint density at radius 2 is 1.96 bits per heavy atom. The number of ketones is 1. The first kappa shape index (κ1) is 15.3.